The second kappa shape index (κ2) is 8.59. The number of anilines is 1. The molecule has 2 rings (SSSR count). The molecule has 0 fully saturated rings. The molecule has 0 spiro atoms. The molecule has 0 saturated heterocycles. The summed E-state index contributed by atoms with van der Waals surface area (Å²) in [5.74, 6) is 0.366. The number of hydrogen-bond acceptors (Lipinski definition) is 5. The van der Waals surface area contributed by atoms with Gasteiger partial charge in [0.1, 0.15) is 5.75 Å². The first kappa shape index (κ1) is 18.9. The van der Waals surface area contributed by atoms with Gasteiger partial charge in [0.15, 0.2) is 0 Å². The highest BCUT2D eigenvalue weighted by Crippen LogP contribution is 2.17. The molecule has 1 aromatic heterocycles. The summed E-state index contributed by atoms with van der Waals surface area (Å²) in [5.41, 5.74) is 1.41. The van der Waals surface area contributed by atoms with Crippen LogP contribution in [0, 0.1) is 0 Å². The first-order valence-electron chi connectivity index (χ1n) is 7.66. The normalized spacial score (nSPS) is 11.3. The van der Waals surface area contributed by atoms with Crippen molar-refractivity contribution in [2.75, 3.05) is 25.2 Å². The van der Waals surface area contributed by atoms with E-state index in [4.69, 9.17) is 4.74 Å². The number of rotatable bonds is 8. The molecule has 25 heavy (non-hydrogen) atoms. The number of amides is 1. The van der Waals surface area contributed by atoms with E-state index in [9.17, 15) is 13.2 Å². The van der Waals surface area contributed by atoms with Gasteiger partial charge in [-0.2, -0.15) is 4.31 Å². The van der Waals surface area contributed by atoms with Crippen LogP contribution in [0.15, 0.2) is 48.8 Å². The van der Waals surface area contributed by atoms with Crippen LogP contribution in [-0.2, 0) is 21.4 Å². The maximum absolute atomic E-state index is 12.1. The van der Waals surface area contributed by atoms with Gasteiger partial charge in [-0.25, -0.2) is 8.42 Å². The second-order valence-corrected chi connectivity index (χ2v) is 7.46. The minimum atomic E-state index is -3.43. The molecule has 0 atom stereocenters. The Balaban J connectivity index is 1.96. The number of aromatic nitrogens is 1. The first-order valence-corrected chi connectivity index (χ1v) is 9.51. The molecule has 0 aliphatic heterocycles. The summed E-state index contributed by atoms with van der Waals surface area (Å²) < 4.78 is 30.3. The van der Waals surface area contributed by atoms with Crippen LogP contribution in [0.4, 0.5) is 5.69 Å². The van der Waals surface area contributed by atoms with E-state index in [1.165, 1.54) is 4.31 Å². The van der Waals surface area contributed by atoms with Gasteiger partial charge in [0, 0.05) is 43.7 Å². The number of ether oxygens (including phenoxy) is 1. The average molecular weight is 363 g/mol. The molecular formula is C17H21N3O4S. The summed E-state index contributed by atoms with van der Waals surface area (Å²) in [4.78, 5) is 16.0. The van der Waals surface area contributed by atoms with Crippen molar-refractivity contribution in [3.8, 4) is 5.75 Å². The van der Waals surface area contributed by atoms with E-state index in [1.54, 1.807) is 55.9 Å². The van der Waals surface area contributed by atoms with Gasteiger partial charge in [-0.15, -0.1) is 0 Å². The van der Waals surface area contributed by atoms with E-state index in [0.717, 1.165) is 11.8 Å². The molecule has 0 aliphatic rings. The Hall–Kier alpha value is -2.45. The Labute approximate surface area is 147 Å². The summed E-state index contributed by atoms with van der Waals surface area (Å²) >= 11 is 0. The van der Waals surface area contributed by atoms with Crippen molar-refractivity contribution in [1.29, 1.82) is 0 Å². The van der Waals surface area contributed by atoms with Gasteiger partial charge < -0.3 is 10.1 Å². The summed E-state index contributed by atoms with van der Waals surface area (Å²) in [6, 6.07) is 10.5. The van der Waals surface area contributed by atoms with E-state index in [0.29, 0.717) is 11.4 Å². The predicted octanol–water partition coefficient (Wildman–Crippen LogP) is 1.88. The van der Waals surface area contributed by atoms with Crippen molar-refractivity contribution in [3.05, 3.63) is 54.4 Å². The topological polar surface area (TPSA) is 88.6 Å². The highest BCUT2D eigenvalue weighted by Gasteiger charge is 2.18. The maximum Gasteiger partial charge on any atom is 0.225 e. The first-order chi connectivity index (χ1) is 11.9. The highest BCUT2D eigenvalue weighted by atomic mass is 32.2. The van der Waals surface area contributed by atoms with Crippen molar-refractivity contribution < 1.29 is 17.9 Å². The number of nitrogens with one attached hydrogen (secondary N) is 1. The zero-order valence-electron chi connectivity index (χ0n) is 14.2. The fourth-order valence-electron chi connectivity index (χ4n) is 2.20. The Morgan fingerprint density at radius 2 is 1.96 bits per heavy atom. The van der Waals surface area contributed by atoms with Crippen molar-refractivity contribution in [2.24, 2.45) is 0 Å². The number of hydrogen-bond donors (Lipinski definition) is 1. The number of methoxy groups -OCH3 is 1. The summed E-state index contributed by atoms with van der Waals surface area (Å²) in [6.45, 7) is 0.296. The average Bonchev–Trinajstić information content (AvgIpc) is 2.58. The largest absolute Gasteiger partial charge is 0.497 e. The van der Waals surface area contributed by atoms with Gasteiger partial charge in [0.2, 0.25) is 15.9 Å². The van der Waals surface area contributed by atoms with E-state index in [-0.39, 0.29) is 25.4 Å². The van der Waals surface area contributed by atoms with E-state index >= 15 is 0 Å². The molecule has 7 nitrogen and oxygen atoms in total. The Kier molecular flexibility index (Phi) is 6.49. The lowest BCUT2D eigenvalue weighted by Crippen LogP contribution is -2.32. The van der Waals surface area contributed by atoms with Gasteiger partial charge in [0.25, 0.3) is 0 Å². The Bertz CT molecular complexity index is 810. The standard InChI is InChI=1S/C17H21N3O4S/c1-24-16-5-3-4-15(12-16)19-17(21)8-11-20(25(2,22)23)13-14-6-9-18-10-7-14/h3-7,9-10,12H,8,11,13H2,1-2H3,(H,19,21). The minimum absolute atomic E-state index is 0.0510. The third-order valence-electron chi connectivity index (χ3n) is 3.52. The van der Waals surface area contributed by atoms with Crippen LogP contribution < -0.4 is 10.1 Å². The molecule has 1 N–H and O–H groups in total. The molecular weight excluding hydrogens is 342 g/mol. The van der Waals surface area contributed by atoms with Crippen molar-refractivity contribution >= 4 is 21.6 Å². The molecule has 0 bridgehead atoms. The molecule has 8 heteroatoms. The number of carbonyl (C=O) groups is 1. The SMILES string of the molecule is COc1cccc(NC(=O)CCN(Cc2ccncc2)S(C)(=O)=O)c1. The number of benzene rings is 1. The van der Waals surface area contributed by atoms with Gasteiger partial charge >= 0.3 is 0 Å². The molecule has 1 heterocycles. The molecule has 0 radical (unpaired) electrons. The van der Waals surface area contributed by atoms with Crippen LogP contribution in [-0.4, -0.2) is 43.5 Å². The van der Waals surface area contributed by atoms with Crippen LogP contribution >= 0.6 is 0 Å². The molecule has 2 aromatic rings. The third-order valence-corrected chi connectivity index (χ3v) is 4.77. The zero-order chi connectivity index (χ0) is 18.3. The van der Waals surface area contributed by atoms with E-state index < -0.39 is 10.0 Å². The zero-order valence-corrected chi connectivity index (χ0v) is 15.0. The van der Waals surface area contributed by atoms with Crippen LogP contribution in [0.1, 0.15) is 12.0 Å². The molecule has 1 aromatic carbocycles. The molecule has 1 amide bonds. The number of nitrogens with zero attached hydrogens (tertiary/aromatic N) is 2. The number of carbonyl (C=O) groups excluding carboxylic acids is 1. The lowest BCUT2D eigenvalue weighted by molar-refractivity contribution is -0.116. The lowest BCUT2D eigenvalue weighted by atomic mass is 10.2. The van der Waals surface area contributed by atoms with Gasteiger partial charge in [-0.05, 0) is 29.8 Å². The van der Waals surface area contributed by atoms with Gasteiger partial charge in [-0.3, -0.25) is 9.78 Å². The second-order valence-electron chi connectivity index (χ2n) is 5.48. The van der Waals surface area contributed by atoms with Crippen molar-refractivity contribution in [2.45, 2.75) is 13.0 Å². The third kappa shape index (κ3) is 6.17. The van der Waals surface area contributed by atoms with E-state index in [1.807, 2.05) is 0 Å². The maximum atomic E-state index is 12.1. The van der Waals surface area contributed by atoms with Crippen LogP contribution in [0.25, 0.3) is 0 Å². The molecule has 134 valence electrons. The Morgan fingerprint density at radius 3 is 2.60 bits per heavy atom. The smallest absolute Gasteiger partial charge is 0.225 e. The molecule has 0 saturated carbocycles. The van der Waals surface area contributed by atoms with E-state index in [2.05, 4.69) is 10.3 Å². The monoisotopic (exact) mass is 363 g/mol. The Morgan fingerprint density at radius 1 is 1.24 bits per heavy atom. The highest BCUT2D eigenvalue weighted by molar-refractivity contribution is 7.88. The minimum Gasteiger partial charge on any atom is -0.497 e. The van der Waals surface area contributed by atoms with Crippen LogP contribution in [0.2, 0.25) is 0 Å². The van der Waals surface area contributed by atoms with Crippen molar-refractivity contribution in [1.82, 2.24) is 9.29 Å². The quantitative estimate of drug-likeness (QED) is 0.774. The summed E-state index contributed by atoms with van der Waals surface area (Å²) in [5, 5.41) is 2.74. The lowest BCUT2D eigenvalue weighted by Gasteiger charge is -2.19. The molecule has 0 aliphatic carbocycles. The summed E-state index contributed by atoms with van der Waals surface area (Å²) in [6.07, 6.45) is 4.39. The van der Waals surface area contributed by atoms with Crippen molar-refractivity contribution in [3.63, 3.8) is 0 Å². The van der Waals surface area contributed by atoms with Crippen LogP contribution in [0.3, 0.4) is 0 Å². The van der Waals surface area contributed by atoms with Crippen LogP contribution in [0.5, 0.6) is 5.75 Å². The fourth-order valence-corrected chi connectivity index (χ4v) is 3.01. The number of pyridine rings is 1. The van der Waals surface area contributed by atoms with Gasteiger partial charge in [-0.1, -0.05) is 6.07 Å². The predicted molar refractivity (Wildman–Crippen MR) is 95.7 cm³/mol. The summed E-state index contributed by atoms with van der Waals surface area (Å²) in [7, 11) is -1.88. The fraction of sp³-hybridized carbons (Fsp3) is 0.294. The number of sulfonamides is 1. The molecule has 0 unspecified atom stereocenters. The van der Waals surface area contributed by atoms with Gasteiger partial charge in [0.05, 0.1) is 13.4 Å².